The summed E-state index contributed by atoms with van der Waals surface area (Å²) in [4.78, 5) is 24.8. The van der Waals surface area contributed by atoms with Gasteiger partial charge in [-0.05, 0) is 36.9 Å². The van der Waals surface area contributed by atoms with Crippen LogP contribution in [0.2, 0.25) is 0 Å². The topological polar surface area (TPSA) is 75.6 Å². The van der Waals surface area contributed by atoms with Crippen LogP contribution in [0.15, 0.2) is 34.1 Å². The molecule has 0 saturated carbocycles. The third kappa shape index (κ3) is 5.44. The quantitative estimate of drug-likeness (QED) is 0.348. The largest absolute Gasteiger partial charge is 0.469 e. The van der Waals surface area contributed by atoms with Crippen LogP contribution in [0.4, 0.5) is 0 Å². The molecule has 0 spiro atoms. The van der Waals surface area contributed by atoms with Gasteiger partial charge in [0.2, 0.25) is 0 Å². The number of benzene rings is 1. The second kappa shape index (κ2) is 8.89. The predicted molar refractivity (Wildman–Crippen MR) is 79.0 cm³/mol. The van der Waals surface area contributed by atoms with Crippen molar-refractivity contribution in [1.29, 1.82) is 0 Å². The molecule has 1 aromatic rings. The summed E-state index contributed by atoms with van der Waals surface area (Å²) in [6, 6.07) is 7.74. The van der Waals surface area contributed by atoms with E-state index in [2.05, 4.69) is 4.74 Å². The Morgan fingerprint density at radius 2 is 1.90 bits per heavy atom. The Kier molecular flexibility index (Phi) is 7.50. The lowest BCUT2D eigenvalue weighted by Crippen LogP contribution is -2.30. The molecule has 0 heterocycles. The molecule has 20 heavy (non-hydrogen) atoms. The molecular formula is C13H17NO4S2. The van der Waals surface area contributed by atoms with Crippen LogP contribution in [0.3, 0.4) is 0 Å². The van der Waals surface area contributed by atoms with Crippen LogP contribution in [-0.2, 0) is 14.3 Å². The molecule has 110 valence electrons. The summed E-state index contributed by atoms with van der Waals surface area (Å²) >= 11 is 2.94. The van der Waals surface area contributed by atoms with E-state index in [0.717, 1.165) is 9.79 Å². The SMILES string of the molecule is COC(=O)CCC(Sc1ccc(SC)cc1)C(=O)NO. The molecular weight excluding hydrogens is 298 g/mol. The average molecular weight is 315 g/mol. The molecule has 0 aliphatic carbocycles. The van der Waals surface area contributed by atoms with Crippen LogP contribution in [0.5, 0.6) is 0 Å². The van der Waals surface area contributed by atoms with Crippen molar-refractivity contribution in [2.24, 2.45) is 0 Å². The summed E-state index contributed by atoms with van der Waals surface area (Å²) in [6.45, 7) is 0. The van der Waals surface area contributed by atoms with Crippen molar-refractivity contribution in [3.63, 3.8) is 0 Å². The Morgan fingerprint density at radius 1 is 1.30 bits per heavy atom. The van der Waals surface area contributed by atoms with Crippen molar-refractivity contribution in [2.45, 2.75) is 27.9 Å². The molecule has 1 aromatic carbocycles. The van der Waals surface area contributed by atoms with E-state index in [0.29, 0.717) is 6.42 Å². The minimum absolute atomic E-state index is 0.129. The lowest BCUT2D eigenvalue weighted by Gasteiger charge is -2.14. The average Bonchev–Trinajstić information content (AvgIpc) is 2.50. The molecule has 1 rings (SSSR count). The van der Waals surface area contributed by atoms with Crippen molar-refractivity contribution in [2.75, 3.05) is 13.4 Å². The second-order valence-electron chi connectivity index (χ2n) is 3.87. The first kappa shape index (κ1) is 16.9. The van der Waals surface area contributed by atoms with Gasteiger partial charge < -0.3 is 4.74 Å². The molecule has 0 aliphatic heterocycles. The van der Waals surface area contributed by atoms with E-state index in [1.165, 1.54) is 18.9 Å². The lowest BCUT2D eigenvalue weighted by molar-refractivity contribution is -0.140. The van der Waals surface area contributed by atoms with Gasteiger partial charge in [0.1, 0.15) is 0 Å². The van der Waals surface area contributed by atoms with Crippen molar-refractivity contribution < 1.29 is 19.5 Å². The number of carbonyl (C=O) groups excluding carboxylic acids is 2. The van der Waals surface area contributed by atoms with Crippen molar-refractivity contribution in [1.82, 2.24) is 5.48 Å². The van der Waals surface area contributed by atoms with E-state index in [1.807, 2.05) is 30.5 Å². The second-order valence-corrected chi connectivity index (χ2v) is 6.03. The normalized spacial score (nSPS) is 11.8. The summed E-state index contributed by atoms with van der Waals surface area (Å²) in [5.74, 6) is -0.896. The Morgan fingerprint density at radius 3 is 2.40 bits per heavy atom. The molecule has 1 atom stereocenters. The van der Waals surface area contributed by atoms with Gasteiger partial charge in [0.25, 0.3) is 5.91 Å². The minimum Gasteiger partial charge on any atom is -0.469 e. The highest BCUT2D eigenvalue weighted by Gasteiger charge is 2.20. The van der Waals surface area contributed by atoms with Crippen LogP contribution >= 0.6 is 23.5 Å². The molecule has 2 N–H and O–H groups in total. The van der Waals surface area contributed by atoms with E-state index >= 15 is 0 Å². The number of thioether (sulfide) groups is 2. The highest BCUT2D eigenvalue weighted by molar-refractivity contribution is 8.00. The number of carbonyl (C=O) groups is 2. The van der Waals surface area contributed by atoms with Gasteiger partial charge in [-0.15, -0.1) is 23.5 Å². The first-order valence-electron chi connectivity index (χ1n) is 5.92. The first-order chi connectivity index (χ1) is 9.60. The number of amides is 1. The maximum Gasteiger partial charge on any atom is 0.305 e. The maximum absolute atomic E-state index is 11.6. The highest BCUT2D eigenvalue weighted by Crippen LogP contribution is 2.28. The summed E-state index contributed by atoms with van der Waals surface area (Å²) < 4.78 is 4.55. The summed E-state index contributed by atoms with van der Waals surface area (Å²) in [5.41, 5.74) is 1.63. The summed E-state index contributed by atoms with van der Waals surface area (Å²) in [6.07, 6.45) is 2.42. The monoisotopic (exact) mass is 315 g/mol. The molecule has 5 nitrogen and oxygen atoms in total. The van der Waals surface area contributed by atoms with Gasteiger partial charge in [-0.2, -0.15) is 0 Å². The Balaban J connectivity index is 2.67. The number of hydrogen-bond acceptors (Lipinski definition) is 6. The lowest BCUT2D eigenvalue weighted by atomic mass is 10.2. The zero-order valence-electron chi connectivity index (χ0n) is 11.3. The van der Waals surface area contributed by atoms with Crippen molar-refractivity contribution >= 4 is 35.4 Å². The van der Waals surface area contributed by atoms with Crippen LogP contribution < -0.4 is 5.48 Å². The fourth-order valence-electron chi connectivity index (χ4n) is 1.49. The molecule has 1 unspecified atom stereocenters. The number of hydrogen-bond donors (Lipinski definition) is 2. The summed E-state index contributed by atoms with van der Waals surface area (Å²) in [7, 11) is 1.30. The van der Waals surface area contributed by atoms with Gasteiger partial charge in [0.05, 0.1) is 12.4 Å². The highest BCUT2D eigenvalue weighted by atomic mass is 32.2. The first-order valence-corrected chi connectivity index (χ1v) is 8.02. The van der Waals surface area contributed by atoms with E-state index in [4.69, 9.17) is 5.21 Å². The van der Waals surface area contributed by atoms with Crippen LogP contribution in [0.1, 0.15) is 12.8 Å². The zero-order chi connectivity index (χ0) is 15.0. The smallest absolute Gasteiger partial charge is 0.305 e. The zero-order valence-corrected chi connectivity index (χ0v) is 12.9. The fourth-order valence-corrected chi connectivity index (χ4v) is 2.91. The Hall–Kier alpha value is -1.18. The number of hydroxylamine groups is 1. The van der Waals surface area contributed by atoms with E-state index in [9.17, 15) is 9.59 Å². The fraction of sp³-hybridized carbons (Fsp3) is 0.385. The number of ether oxygens (including phenoxy) is 1. The number of methoxy groups -OCH3 is 1. The van der Waals surface area contributed by atoms with Gasteiger partial charge in [0.15, 0.2) is 0 Å². The van der Waals surface area contributed by atoms with Gasteiger partial charge in [-0.25, -0.2) is 5.48 Å². The van der Waals surface area contributed by atoms with E-state index in [-0.39, 0.29) is 12.4 Å². The third-order valence-corrected chi connectivity index (χ3v) is 4.60. The molecule has 1 amide bonds. The van der Waals surface area contributed by atoms with Gasteiger partial charge >= 0.3 is 5.97 Å². The minimum atomic E-state index is -0.542. The van der Waals surface area contributed by atoms with Crippen LogP contribution in [0, 0.1) is 0 Å². The standard InChI is InChI=1S/C13H17NO4S2/c1-18-12(15)8-7-11(13(16)14-17)20-10-5-3-9(19-2)4-6-10/h3-6,11,17H,7-8H2,1-2H3,(H,14,16). The molecule has 7 heteroatoms. The third-order valence-electron chi connectivity index (χ3n) is 2.58. The van der Waals surface area contributed by atoms with Gasteiger partial charge in [-0.3, -0.25) is 14.8 Å². The molecule has 0 fully saturated rings. The maximum atomic E-state index is 11.6. The molecule has 0 saturated heterocycles. The molecule has 0 bridgehead atoms. The summed E-state index contributed by atoms with van der Waals surface area (Å²) in [5, 5.41) is 8.21. The molecule has 0 aromatic heterocycles. The van der Waals surface area contributed by atoms with Crippen LogP contribution in [0.25, 0.3) is 0 Å². The van der Waals surface area contributed by atoms with Crippen molar-refractivity contribution in [3.05, 3.63) is 24.3 Å². The van der Waals surface area contributed by atoms with E-state index in [1.54, 1.807) is 17.2 Å². The number of rotatable bonds is 7. The van der Waals surface area contributed by atoms with Gasteiger partial charge in [0, 0.05) is 16.2 Å². The van der Waals surface area contributed by atoms with Crippen molar-refractivity contribution in [3.8, 4) is 0 Å². The van der Waals surface area contributed by atoms with E-state index < -0.39 is 11.2 Å². The molecule has 0 radical (unpaired) electrons. The van der Waals surface area contributed by atoms with Crippen LogP contribution in [-0.4, -0.2) is 35.7 Å². The number of nitrogens with one attached hydrogen (secondary N) is 1. The van der Waals surface area contributed by atoms with Gasteiger partial charge in [-0.1, -0.05) is 0 Å². The Labute approximate surface area is 126 Å². The Bertz CT molecular complexity index is 450. The predicted octanol–water partition coefficient (Wildman–Crippen LogP) is 2.33. The molecule has 0 aliphatic rings. The number of esters is 1.